The van der Waals surface area contributed by atoms with Crippen LogP contribution in [0.3, 0.4) is 0 Å². The van der Waals surface area contributed by atoms with Crippen LogP contribution in [0.25, 0.3) is 33.7 Å². The number of hydrogen-bond acceptors (Lipinski definition) is 6. The predicted molar refractivity (Wildman–Crippen MR) is 163 cm³/mol. The lowest BCUT2D eigenvalue weighted by molar-refractivity contribution is 0.419. The van der Waals surface area contributed by atoms with Crippen molar-refractivity contribution in [1.82, 2.24) is 39.3 Å². The average molecular weight is 567 g/mol. The molecule has 1 aliphatic carbocycles. The molecular weight excluding hydrogens is 528 g/mol. The Kier molecular flexibility index (Phi) is 7.86. The van der Waals surface area contributed by atoms with Crippen LogP contribution in [-0.4, -0.2) is 39.3 Å². The second-order valence-electron chi connectivity index (χ2n) is 11.8. The van der Waals surface area contributed by atoms with Gasteiger partial charge >= 0.3 is 5.69 Å². The van der Waals surface area contributed by atoms with Crippen molar-refractivity contribution < 1.29 is 0 Å². The third-order valence-electron chi connectivity index (χ3n) is 8.24. The summed E-state index contributed by atoms with van der Waals surface area (Å²) >= 11 is 0. The first-order valence-corrected chi connectivity index (χ1v) is 15.1. The SMILES string of the molecule is CCCn1c(=O)n(CC(C)C)c(=O)c2c1nc(C1CCCCC1)n2Cc1ccc(-c2ccccc2-c2nnn[nH]2)cc1. The van der Waals surface area contributed by atoms with E-state index in [1.165, 1.54) is 11.0 Å². The lowest BCUT2D eigenvalue weighted by atomic mass is 9.88. The molecule has 0 amide bonds. The molecule has 0 unspecified atom stereocenters. The summed E-state index contributed by atoms with van der Waals surface area (Å²) in [6, 6.07) is 16.4. The van der Waals surface area contributed by atoms with Gasteiger partial charge < -0.3 is 4.57 Å². The maximum Gasteiger partial charge on any atom is 0.332 e. The minimum atomic E-state index is -0.257. The van der Waals surface area contributed by atoms with Crippen molar-refractivity contribution in [1.29, 1.82) is 0 Å². The molecule has 42 heavy (non-hydrogen) atoms. The maximum atomic E-state index is 14.0. The van der Waals surface area contributed by atoms with E-state index in [1.54, 1.807) is 4.57 Å². The van der Waals surface area contributed by atoms with Gasteiger partial charge in [-0.3, -0.25) is 13.9 Å². The second-order valence-corrected chi connectivity index (χ2v) is 11.8. The molecule has 1 aliphatic rings. The van der Waals surface area contributed by atoms with Gasteiger partial charge in [0.25, 0.3) is 5.56 Å². The van der Waals surface area contributed by atoms with Crippen molar-refractivity contribution in [2.75, 3.05) is 0 Å². The molecule has 3 heterocycles. The fourth-order valence-corrected chi connectivity index (χ4v) is 6.28. The molecule has 6 rings (SSSR count). The van der Waals surface area contributed by atoms with Crippen LogP contribution in [-0.2, 0) is 19.6 Å². The molecule has 0 bridgehead atoms. The van der Waals surface area contributed by atoms with E-state index in [4.69, 9.17) is 4.98 Å². The molecule has 1 N–H and O–H groups in total. The highest BCUT2D eigenvalue weighted by Gasteiger charge is 2.27. The smallest absolute Gasteiger partial charge is 0.317 e. The fourth-order valence-electron chi connectivity index (χ4n) is 6.28. The number of imidazole rings is 1. The largest absolute Gasteiger partial charge is 0.332 e. The van der Waals surface area contributed by atoms with Gasteiger partial charge in [-0.15, -0.1) is 5.10 Å². The number of aromatic nitrogens is 8. The number of hydrogen-bond donors (Lipinski definition) is 1. The van der Waals surface area contributed by atoms with E-state index in [9.17, 15) is 9.59 Å². The van der Waals surface area contributed by atoms with Crippen molar-refractivity contribution in [3.8, 4) is 22.5 Å². The van der Waals surface area contributed by atoms with Crippen molar-refractivity contribution in [3.63, 3.8) is 0 Å². The lowest BCUT2D eigenvalue weighted by Crippen LogP contribution is -2.41. The lowest BCUT2D eigenvalue weighted by Gasteiger charge is -2.22. The molecule has 1 fully saturated rings. The van der Waals surface area contributed by atoms with Gasteiger partial charge in [0.2, 0.25) is 0 Å². The Morgan fingerprint density at radius 3 is 2.33 bits per heavy atom. The summed E-state index contributed by atoms with van der Waals surface area (Å²) in [4.78, 5) is 32.6. The number of nitrogens with zero attached hydrogens (tertiary/aromatic N) is 7. The van der Waals surface area contributed by atoms with E-state index >= 15 is 0 Å². The monoisotopic (exact) mass is 566 g/mol. The molecular formula is C32H38N8O2. The normalized spacial score (nSPS) is 14.3. The van der Waals surface area contributed by atoms with Crippen LogP contribution < -0.4 is 11.2 Å². The summed E-state index contributed by atoms with van der Waals surface area (Å²) in [5.74, 6) is 1.99. The third kappa shape index (κ3) is 5.21. The van der Waals surface area contributed by atoms with Crippen LogP contribution in [0.1, 0.15) is 76.6 Å². The fraction of sp³-hybridized carbons (Fsp3) is 0.438. The number of aryl methyl sites for hydroxylation is 1. The van der Waals surface area contributed by atoms with Crippen LogP contribution in [0.2, 0.25) is 0 Å². The molecule has 218 valence electrons. The molecule has 0 atom stereocenters. The van der Waals surface area contributed by atoms with E-state index in [2.05, 4.69) is 55.5 Å². The molecule has 5 aromatic rings. The molecule has 0 saturated heterocycles. The summed E-state index contributed by atoms with van der Waals surface area (Å²) in [6.07, 6.45) is 6.42. The summed E-state index contributed by atoms with van der Waals surface area (Å²) in [5, 5.41) is 14.4. The van der Waals surface area contributed by atoms with Gasteiger partial charge in [-0.2, -0.15) is 0 Å². The first kappa shape index (κ1) is 27.8. The number of aromatic amines is 1. The number of nitrogens with one attached hydrogen (secondary N) is 1. The highest BCUT2D eigenvalue weighted by atomic mass is 16.2. The van der Waals surface area contributed by atoms with E-state index < -0.39 is 0 Å². The molecule has 3 aromatic heterocycles. The van der Waals surface area contributed by atoms with Gasteiger partial charge in [0, 0.05) is 31.1 Å². The highest BCUT2D eigenvalue weighted by Crippen LogP contribution is 2.34. The summed E-state index contributed by atoms with van der Waals surface area (Å²) in [7, 11) is 0. The minimum absolute atomic E-state index is 0.167. The molecule has 2 aromatic carbocycles. The van der Waals surface area contributed by atoms with Crippen LogP contribution in [0.4, 0.5) is 0 Å². The van der Waals surface area contributed by atoms with Crippen molar-refractivity contribution >= 4 is 11.2 Å². The Hall–Kier alpha value is -4.34. The zero-order valence-corrected chi connectivity index (χ0v) is 24.6. The Morgan fingerprint density at radius 2 is 1.67 bits per heavy atom. The highest BCUT2D eigenvalue weighted by molar-refractivity contribution is 5.80. The Morgan fingerprint density at radius 1 is 0.929 bits per heavy atom. The van der Waals surface area contributed by atoms with Crippen LogP contribution >= 0.6 is 0 Å². The number of benzene rings is 2. The number of fused-ring (bicyclic) bond motifs is 1. The molecule has 10 heteroatoms. The first-order valence-electron chi connectivity index (χ1n) is 15.1. The van der Waals surface area contributed by atoms with Gasteiger partial charge in [-0.05, 0) is 52.3 Å². The Bertz CT molecular complexity index is 1790. The second kappa shape index (κ2) is 11.9. The van der Waals surface area contributed by atoms with Crippen molar-refractivity contribution in [2.45, 2.75) is 84.8 Å². The predicted octanol–water partition coefficient (Wildman–Crippen LogP) is 5.37. The van der Waals surface area contributed by atoms with Gasteiger partial charge in [-0.1, -0.05) is 88.6 Å². The Balaban J connectivity index is 1.46. The number of rotatable bonds is 9. The topological polar surface area (TPSA) is 116 Å². The van der Waals surface area contributed by atoms with Crippen LogP contribution in [0.5, 0.6) is 0 Å². The van der Waals surface area contributed by atoms with Crippen LogP contribution in [0, 0.1) is 5.92 Å². The van der Waals surface area contributed by atoms with Gasteiger partial charge in [-0.25, -0.2) is 14.9 Å². The molecule has 10 nitrogen and oxygen atoms in total. The number of tetrazole rings is 1. The van der Waals surface area contributed by atoms with E-state index in [-0.39, 0.29) is 23.1 Å². The zero-order chi connectivity index (χ0) is 29.2. The average Bonchev–Trinajstić information content (AvgIpc) is 3.67. The molecule has 0 radical (unpaired) electrons. The van der Waals surface area contributed by atoms with Crippen LogP contribution in [0.15, 0.2) is 58.1 Å². The minimum Gasteiger partial charge on any atom is -0.317 e. The number of H-pyrrole nitrogens is 1. The molecule has 1 saturated carbocycles. The third-order valence-corrected chi connectivity index (χ3v) is 8.24. The van der Waals surface area contributed by atoms with E-state index in [0.717, 1.165) is 60.2 Å². The van der Waals surface area contributed by atoms with Gasteiger partial charge in [0.15, 0.2) is 17.0 Å². The quantitative estimate of drug-likeness (QED) is 0.256. The summed E-state index contributed by atoms with van der Waals surface area (Å²) in [6.45, 7) is 7.54. The Labute approximate surface area is 244 Å². The van der Waals surface area contributed by atoms with Gasteiger partial charge in [0.1, 0.15) is 5.82 Å². The summed E-state index contributed by atoms with van der Waals surface area (Å²) < 4.78 is 5.25. The van der Waals surface area contributed by atoms with E-state index in [1.807, 2.05) is 39.0 Å². The van der Waals surface area contributed by atoms with E-state index in [0.29, 0.717) is 36.6 Å². The molecule has 0 spiro atoms. The zero-order valence-electron chi connectivity index (χ0n) is 24.6. The maximum absolute atomic E-state index is 14.0. The summed E-state index contributed by atoms with van der Waals surface area (Å²) in [5.41, 5.74) is 4.63. The standard InChI is InChI=1S/C32H38N8O2/c1-4-18-38-30-27(31(41)40(32(38)42)19-21(2)3)39(29(33-30)24-10-6-5-7-11-24)20-22-14-16-23(17-15-22)25-12-8-9-13-26(25)28-34-36-37-35-28/h8-9,12-17,21,24H,4-7,10-11,18-20H2,1-3H3,(H,34,35,36,37). The first-order chi connectivity index (χ1) is 20.5. The van der Waals surface area contributed by atoms with Crippen molar-refractivity contribution in [2.24, 2.45) is 5.92 Å². The van der Waals surface area contributed by atoms with Crippen molar-refractivity contribution in [3.05, 3.63) is 80.8 Å². The molecule has 0 aliphatic heterocycles. The van der Waals surface area contributed by atoms with Gasteiger partial charge in [0.05, 0.1) is 0 Å².